The van der Waals surface area contributed by atoms with Crippen LogP contribution in [0.4, 0.5) is 0 Å². The molecule has 1 heterocycles. The molecule has 0 saturated carbocycles. The number of hydrogen-bond donors (Lipinski definition) is 1. The van der Waals surface area contributed by atoms with Gasteiger partial charge >= 0.3 is 0 Å². The van der Waals surface area contributed by atoms with Crippen molar-refractivity contribution in [1.82, 2.24) is 4.90 Å². The first kappa shape index (κ1) is 19.0. The number of nitrogens with zero attached hydrogens (tertiary/aromatic N) is 2. The van der Waals surface area contributed by atoms with Crippen LogP contribution in [-0.2, 0) is 9.59 Å². The van der Waals surface area contributed by atoms with Crippen LogP contribution in [-0.4, -0.2) is 42.5 Å². The molecule has 1 aliphatic heterocycles. The Morgan fingerprint density at radius 1 is 1.14 bits per heavy atom. The minimum absolute atomic E-state index is 0.0880. The standard InChI is InChI=1S/C21H18N2O5/c1-27-14-8-9-15(16(12-14)28-2)18-17(19(24)13-6-4-3-5-7-13)20(25)21(26)23(18)11-10-22/h3-9,12,18,24H,11H2,1-2H3/t18-/m1/s1. The van der Waals surface area contributed by atoms with Crippen LogP contribution in [0, 0.1) is 11.3 Å². The predicted octanol–water partition coefficient (Wildman–Crippen LogP) is 2.65. The molecule has 1 amide bonds. The van der Waals surface area contributed by atoms with Crippen LogP contribution < -0.4 is 9.47 Å². The van der Waals surface area contributed by atoms with Crippen LogP contribution in [0.1, 0.15) is 17.2 Å². The number of aliphatic hydroxyl groups is 1. The molecule has 1 fully saturated rings. The predicted molar refractivity (Wildman–Crippen MR) is 101 cm³/mol. The minimum Gasteiger partial charge on any atom is -0.507 e. The Morgan fingerprint density at radius 2 is 1.86 bits per heavy atom. The third-order valence-corrected chi connectivity index (χ3v) is 4.56. The summed E-state index contributed by atoms with van der Waals surface area (Å²) in [5, 5.41) is 20.0. The fourth-order valence-corrected chi connectivity index (χ4v) is 3.24. The van der Waals surface area contributed by atoms with Gasteiger partial charge in [0.15, 0.2) is 0 Å². The first-order chi connectivity index (χ1) is 13.5. The summed E-state index contributed by atoms with van der Waals surface area (Å²) in [5.74, 6) is -1.10. The maximum absolute atomic E-state index is 12.7. The first-order valence-corrected chi connectivity index (χ1v) is 8.46. The monoisotopic (exact) mass is 378 g/mol. The number of rotatable bonds is 5. The summed E-state index contributed by atoms with van der Waals surface area (Å²) < 4.78 is 10.6. The number of aliphatic hydroxyl groups excluding tert-OH is 1. The van der Waals surface area contributed by atoms with E-state index in [4.69, 9.17) is 14.7 Å². The highest BCUT2D eigenvalue weighted by atomic mass is 16.5. The Morgan fingerprint density at radius 3 is 2.46 bits per heavy atom. The van der Waals surface area contributed by atoms with Crippen molar-refractivity contribution in [1.29, 1.82) is 5.26 Å². The zero-order valence-corrected chi connectivity index (χ0v) is 15.4. The molecule has 0 aliphatic carbocycles. The number of ketones is 1. The molecule has 0 radical (unpaired) electrons. The van der Waals surface area contributed by atoms with Crippen LogP contribution in [0.5, 0.6) is 11.5 Å². The van der Waals surface area contributed by atoms with E-state index < -0.39 is 17.7 Å². The molecule has 0 aromatic heterocycles. The molecule has 1 aliphatic rings. The molecule has 2 aromatic rings. The highest BCUT2D eigenvalue weighted by Gasteiger charge is 2.47. The molecular formula is C21H18N2O5. The van der Waals surface area contributed by atoms with Gasteiger partial charge in [-0.15, -0.1) is 0 Å². The number of hydrogen-bond acceptors (Lipinski definition) is 6. The number of ether oxygens (including phenoxy) is 2. The van der Waals surface area contributed by atoms with Crippen molar-refractivity contribution in [2.75, 3.05) is 20.8 Å². The van der Waals surface area contributed by atoms with Gasteiger partial charge in [-0.2, -0.15) is 5.26 Å². The Bertz CT molecular complexity index is 992. The lowest BCUT2D eigenvalue weighted by Gasteiger charge is -2.24. The number of nitriles is 1. The summed E-state index contributed by atoms with van der Waals surface area (Å²) in [5.41, 5.74) is 0.778. The summed E-state index contributed by atoms with van der Waals surface area (Å²) in [4.78, 5) is 26.4. The van der Waals surface area contributed by atoms with Gasteiger partial charge in [0.2, 0.25) is 0 Å². The SMILES string of the molecule is COc1ccc([C@@H]2C(=C(O)c3ccccc3)C(=O)C(=O)N2CC#N)c(OC)c1. The Hall–Kier alpha value is -3.79. The molecule has 7 nitrogen and oxygen atoms in total. The molecule has 28 heavy (non-hydrogen) atoms. The molecule has 1 saturated heterocycles. The number of carbonyl (C=O) groups excluding carboxylic acids is 2. The van der Waals surface area contributed by atoms with Gasteiger partial charge in [0.25, 0.3) is 11.7 Å². The normalized spacial score (nSPS) is 18.0. The van der Waals surface area contributed by atoms with Gasteiger partial charge < -0.3 is 19.5 Å². The third-order valence-electron chi connectivity index (χ3n) is 4.56. The van der Waals surface area contributed by atoms with Crippen molar-refractivity contribution < 1.29 is 24.2 Å². The highest BCUT2D eigenvalue weighted by Crippen LogP contribution is 2.43. The third kappa shape index (κ3) is 3.16. The van der Waals surface area contributed by atoms with Gasteiger partial charge in [-0.25, -0.2) is 0 Å². The van der Waals surface area contributed by atoms with Crippen molar-refractivity contribution >= 4 is 17.4 Å². The number of methoxy groups -OCH3 is 2. The van der Waals surface area contributed by atoms with Crippen molar-refractivity contribution in [2.24, 2.45) is 0 Å². The van der Waals surface area contributed by atoms with E-state index in [1.54, 1.807) is 48.5 Å². The number of Topliss-reactive ketones (excluding diaryl/α,β-unsaturated/α-hetero) is 1. The quantitative estimate of drug-likeness (QED) is 0.372. The summed E-state index contributed by atoms with van der Waals surface area (Å²) in [6, 6.07) is 14.3. The smallest absolute Gasteiger partial charge is 0.296 e. The molecule has 0 bridgehead atoms. The maximum Gasteiger partial charge on any atom is 0.296 e. The second kappa shape index (κ2) is 7.84. The van der Waals surface area contributed by atoms with Gasteiger partial charge in [-0.05, 0) is 12.1 Å². The second-order valence-corrected chi connectivity index (χ2v) is 6.06. The van der Waals surface area contributed by atoms with Crippen LogP contribution in [0.3, 0.4) is 0 Å². The Labute approximate surface area is 162 Å². The average Bonchev–Trinajstić information content (AvgIpc) is 2.98. The van der Waals surface area contributed by atoms with Crippen LogP contribution in [0.15, 0.2) is 54.1 Å². The number of amides is 1. The molecule has 1 N–H and O–H groups in total. The van der Waals surface area contributed by atoms with Crippen molar-refractivity contribution in [3.05, 3.63) is 65.2 Å². The Kier molecular flexibility index (Phi) is 5.32. The molecular weight excluding hydrogens is 360 g/mol. The van der Waals surface area contributed by atoms with Crippen LogP contribution in [0.2, 0.25) is 0 Å². The molecule has 142 valence electrons. The summed E-state index contributed by atoms with van der Waals surface area (Å²) in [6.45, 7) is -0.310. The second-order valence-electron chi connectivity index (χ2n) is 6.06. The summed E-state index contributed by atoms with van der Waals surface area (Å²) in [7, 11) is 2.96. The average molecular weight is 378 g/mol. The zero-order chi connectivity index (χ0) is 20.3. The van der Waals surface area contributed by atoms with Crippen molar-refractivity contribution in [2.45, 2.75) is 6.04 Å². The summed E-state index contributed by atoms with van der Waals surface area (Å²) >= 11 is 0. The number of carbonyl (C=O) groups is 2. The Balaban J connectivity index is 2.25. The van der Waals surface area contributed by atoms with E-state index in [2.05, 4.69) is 0 Å². The lowest BCUT2D eigenvalue weighted by Crippen LogP contribution is -2.30. The topological polar surface area (TPSA) is 99.9 Å². The van der Waals surface area contributed by atoms with Crippen molar-refractivity contribution in [3.63, 3.8) is 0 Å². The van der Waals surface area contributed by atoms with E-state index >= 15 is 0 Å². The first-order valence-electron chi connectivity index (χ1n) is 8.46. The van der Waals surface area contributed by atoms with E-state index in [0.717, 1.165) is 4.90 Å². The van der Waals surface area contributed by atoms with Gasteiger partial charge in [0.05, 0.1) is 31.9 Å². The van der Waals surface area contributed by atoms with Crippen molar-refractivity contribution in [3.8, 4) is 17.6 Å². The van der Waals surface area contributed by atoms with E-state index in [9.17, 15) is 14.7 Å². The highest BCUT2D eigenvalue weighted by molar-refractivity contribution is 6.46. The van der Waals surface area contributed by atoms with Crippen LogP contribution in [0.25, 0.3) is 5.76 Å². The largest absolute Gasteiger partial charge is 0.507 e. The fraction of sp³-hybridized carbons (Fsp3) is 0.190. The zero-order valence-electron chi connectivity index (χ0n) is 15.4. The minimum atomic E-state index is -0.958. The lowest BCUT2D eigenvalue weighted by molar-refractivity contribution is -0.139. The summed E-state index contributed by atoms with van der Waals surface area (Å²) in [6.07, 6.45) is 0. The van der Waals surface area contributed by atoms with Gasteiger partial charge in [0, 0.05) is 17.2 Å². The van der Waals surface area contributed by atoms with Gasteiger partial charge in [-0.1, -0.05) is 30.3 Å². The molecule has 0 spiro atoms. The van der Waals surface area contributed by atoms with E-state index in [1.807, 2.05) is 6.07 Å². The van der Waals surface area contributed by atoms with Gasteiger partial charge in [0.1, 0.15) is 23.8 Å². The van der Waals surface area contributed by atoms with E-state index in [-0.39, 0.29) is 17.9 Å². The fourth-order valence-electron chi connectivity index (χ4n) is 3.24. The molecule has 3 rings (SSSR count). The molecule has 7 heteroatoms. The molecule has 1 atom stereocenters. The number of likely N-dealkylation sites (tertiary alicyclic amines) is 1. The molecule has 2 aromatic carbocycles. The van der Waals surface area contributed by atoms with E-state index in [0.29, 0.717) is 22.6 Å². The van der Waals surface area contributed by atoms with Gasteiger partial charge in [-0.3, -0.25) is 9.59 Å². The maximum atomic E-state index is 12.7. The number of benzene rings is 2. The lowest BCUT2D eigenvalue weighted by atomic mass is 9.94. The van der Waals surface area contributed by atoms with Crippen LogP contribution >= 0.6 is 0 Å². The molecule has 0 unspecified atom stereocenters. The van der Waals surface area contributed by atoms with E-state index in [1.165, 1.54) is 14.2 Å².